The zero-order valence-corrected chi connectivity index (χ0v) is 10.2. The molecule has 0 bridgehead atoms. The Kier molecular flexibility index (Phi) is 4.15. The second-order valence-electron chi connectivity index (χ2n) is 4.10. The second-order valence-corrected chi connectivity index (χ2v) is 4.10. The van der Waals surface area contributed by atoms with Gasteiger partial charge in [-0.15, -0.1) is 0 Å². The summed E-state index contributed by atoms with van der Waals surface area (Å²) in [7, 11) is 0. The minimum atomic E-state index is 0.277. The Balaban J connectivity index is 1.84. The average Bonchev–Trinajstić information content (AvgIpc) is 2.42. The summed E-state index contributed by atoms with van der Waals surface area (Å²) in [5.74, 6) is 0.277. The van der Waals surface area contributed by atoms with Crippen molar-refractivity contribution in [2.75, 3.05) is 0 Å². The van der Waals surface area contributed by atoms with E-state index in [1.54, 1.807) is 12.1 Å². The van der Waals surface area contributed by atoms with Crippen LogP contribution in [0.25, 0.3) is 6.08 Å². The van der Waals surface area contributed by atoms with E-state index in [-0.39, 0.29) is 5.75 Å². The quantitative estimate of drug-likeness (QED) is 0.862. The van der Waals surface area contributed by atoms with Crippen molar-refractivity contribution in [3.05, 3.63) is 71.8 Å². The third-order valence-corrected chi connectivity index (χ3v) is 2.69. The van der Waals surface area contributed by atoms with Gasteiger partial charge >= 0.3 is 0 Å². The Bertz CT molecular complexity index is 498. The molecule has 92 valence electrons. The van der Waals surface area contributed by atoms with Gasteiger partial charge in [-0.3, -0.25) is 0 Å². The molecule has 0 heterocycles. The molecule has 0 fully saturated rings. The zero-order chi connectivity index (χ0) is 12.8. The number of ether oxygens (including phenoxy) is 1. The normalized spacial score (nSPS) is 10.2. The predicted molar refractivity (Wildman–Crippen MR) is 73.1 cm³/mol. The van der Waals surface area contributed by atoms with Crippen LogP contribution in [0.3, 0.4) is 0 Å². The van der Waals surface area contributed by atoms with Crippen molar-refractivity contribution < 1.29 is 9.84 Å². The third-order valence-electron chi connectivity index (χ3n) is 2.69. The van der Waals surface area contributed by atoms with Gasteiger partial charge < -0.3 is 9.84 Å². The number of phenolic OH excluding ortho intramolecular Hbond substituents is 1. The summed E-state index contributed by atoms with van der Waals surface area (Å²) in [6.45, 7) is 4.84. The predicted octanol–water partition coefficient (Wildman–Crippen LogP) is 3.75. The molecular weight excluding hydrogens is 224 g/mol. The first-order valence-electron chi connectivity index (χ1n) is 5.85. The van der Waals surface area contributed by atoms with Crippen LogP contribution in [0.1, 0.15) is 16.7 Å². The molecule has 0 amide bonds. The van der Waals surface area contributed by atoms with E-state index in [4.69, 9.17) is 9.84 Å². The first-order chi connectivity index (χ1) is 8.78. The molecule has 0 atom stereocenters. The van der Waals surface area contributed by atoms with E-state index in [0.29, 0.717) is 13.2 Å². The lowest BCUT2D eigenvalue weighted by Crippen LogP contribution is -1.93. The molecule has 0 aliphatic carbocycles. The first kappa shape index (κ1) is 12.4. The fourth-order valence-corrected chi connectivity index (χ4v) is 1.63. The molecule has 2 nitrogen and oxygen atoms in total. The number of hydrogen-bond acceptors (Lipinski definition) is 2. The van der Waals surface area contributed by atoms with E-state index in [1.165, 1.54) is 0 Å². The molecule has 1 N–H and O–H groups in total. The highest BCUT2D eigenvalue weighted by Gasteiger charge is 1.96. The Morgan fingerprint density at radius 3 is 1.89 bits per heavy atom. The van der Waals surface area contributed by atoms with Crippen LogP contribution in [0.4, 0.5) is 0 Å². The largest absolute Gasteiger partial charge is 0.508 e. The summed E-state index contributed by atoms with van der Waals surface area (Å²) in [5, 5.41) is 9.16. The number of rotatable bonds is 5. The van der Waals surface area contributed by atoms with Crippen molar-refractivity contribution in [1.29, 1.82) is 0 Å². The smallest absolute Gasteiger partial charge is 0.115 e. The lowest BCUT2D eigenvalue weighted by Gasteiger charge is -2.05. The minimum absolute atomic E-state index is 0.277. The van der Waals surface area contributed by atoms with Gasteiger partial charge in [-0.1, -0.05) is 49.1 Å². The lowest BCUT2D eigenvalue weighted by molar-refractivity contribution is 0.107. The minimum Gasteiger partial charge on any atom is -0.508 e. The van der Waals surface area contributed by atoms with Gasteiger partial charge in [0.05, 0.1) is 13.2 Å². The van der Waals surface area contributed by atoms with Crippen LogP contribution >= 0.6 is 0 Å². The average molecular weight is 240 g/mol. The molecule has 0 saturated carbocycles. The summed E-state index contributed by atoms with van der Waals surface area (Å²) in [4.78, 5) is 0. The second kappa shape index (κ2) is 6.03. The molecule has 0 unspecified atom stereocenters. The molecule has 0 aliphatic rings. The summed E-state index contributed by atoms with van der Waals surface area (Å²) in [6, 6.07) is 15.2. The van der Waals surface area contributed by atoms with Crippen molar-refractivity contribution in [1.82, 2.24) is 0 Å². The maximum absolute atomic E-state index is 9.16. The number of aromatic hydroxyl groups is 1. The van der Waals surface area contributed by atoms with Crippen molar-refractivity contribution in [2.45, 2.75) is 13.2 Å². The zero-order valence-electron chi connectivity index (χ0n) is 10.2. The van der Waals surface area contributed by atoms with Crippen LogP contribution in [0.15, 0.2) is 55.1 Å². The van der Waals surface area contributed by atoms with E-state index in [1.807, 2.05) is 42.5 Å². The van der Waals surface area contributed by atoms with Gasteiger partial charge in [0, 0.05) is 0 Å². The van der Waals surface area contributed by atoms with Crippen LogP contribution in [0, 0.1) is 0 Å². The van der Waals surface area contributed by atoms with E-state index >= 15 is 0 Å². The Morgan fingerprint density at radius 2 is 1.39 bits per heavy atom. The number of hydrogen-bond donors (Lipinski definition) is 1. The molecule has 18 heavy (non-hydrogen) atoms. The van der Waals surface area contributed by atoms with Gasteiger partial charge in [-0.05, 0) is 28.8 Å². The lowest BCUT2D eigenvalue weighted by atomic mass is 10.1. The fourth-order valence-electron chi connectivity index (χ4n) is 1.63. The van der Waals surface area contributed by atoms with E-state index < -0.39 is 0 Å². The molecular formula is C16H16O2. The van der Waals surface area contributed by atoms with E-state index in [2.05, 4.69) is 6.58 Å². The highest BCUT2D eigenvalue weighted by Crippen LogP contribution is 2.12. The van der Waals surface area contributed by atoms with E-state index in [0.717, 1.165) is 16.7 Å². The maximum atomic E-state index is 9.16. The van der Waals surface area contributed by atoms with Crippen molar-refractivity contribution in [3.8, 4) is 5.75 Å². The Morgan fingerprint density at radius 1 is 0.889 bits per heavy atom. The summed E-state index contributed by atoms with van der Waals surface area (Å²) in [5.41, 5.74) is 3.30. The van der Waals surface area contributed by atoms with Gasteiger partial charge in [0.1, 0.15) is 5.75 Å². The van der Waals surface area contributed by atoms with Crippen LogP contribution in [-0.4, -0.2) is 5.11 Å². The van der Waals surface area contributed by atoms with Crippen molar-refractivity contribution >= 4 is 6.08 Å². The highest BCUT2D eigenvalue weighted by atomic mass is 16.5. The molecule has 2 aromatic carbocycles. The van der Waals surface area contributed by atoms with Gasteiger partial charge in [0.25, 0.3) is 0 Å². The molecule has 0 radical (unpaired) electrons. The molecule has 2 aromatic rings. The topological polar surface area (TPSA) is 29.5 Å². The maximum Gasteiger partial charge on any atom is 0.115 e. The van der Waals surface area contributed by atoms with Gasteiger partial charge in [0.15, 0.2) is 0 Å². The van der Waals surface area contributed by atoms with Crippen LogP contribution in [0.2, 0.25) is 0 Å². The Hall–Kier alpha value is -2.06. The molecule has 2 rings (SSSR count). The van der Waals surface area contributed by atoms with E-state index in [9.17, 15) is 0 Å². The van der Waals surface area contributed by atoms with Gasteiger partial charge in [0.2, 0.25) is 0 Å². The number of phenols is 1. The fraction of sp³-hybridized carbons (Fsp3) is 0.125. The molecule has 0 aromatic heterocycles. The van der Waals surface area contributed by atoms with Crippen LogP contribution in [0.5, 0.6) is 5.75 Å². The molecule has 0 saturated heterocycles. The SMILES string of the molecule is C=Cc1ccc(COCc2ccc(O)cc2)cc1. The Labute approximate surface area is 107 Å². The van der Waals surface area contributed by atoms with Crippen LogP contribution < -0.4 is 0 Å². The van der Waals surface area contributed by atoms with Gasteiger partial charge in [-0.25, -0.2) is 0 Å². The summed E-state index contributed by atoms with van der Waals surface area (Å²) >= 11 is 0. The summed E-state index contributed by atoms with van der Waals surface area (Å²) in [6.07, 6.45) is 1.82. The first-order valence-corrected chi connectivity index (χ1v) is 5.85. The highest BCUT2D eigenvalue weighted by molar-refractivity contribution is 5.47. The van der Waals surface area contributed by atoms with Crippen molar-refractivity contribution in [3.63, 3.8) is 0 Å². The van der Waals surface area contributed by atoms with Crippen molar-refractivity contribution in [2.24, 2.45) is 0 Å². The monoisotopic (exact) mass is 240 g/mol. The summed E-state index contributed by atoms with van der Waals surface area (Å²) < 4.78 is 5.61. The molecule has 0 aliphatic heterocycles. The molecule has 0 spiro atoms. The van der Waals surface area contributed by atoms with Crippen LogP contribution in [-0.2, 0) is 18.0 Å². The third kappa shape index (κ3) is 3.47. The molecule has 2 heteroatoms. The standard InChI is InChI=1S/C16H16O2/c1-2-13-3-5-14(6-4-13)11-18-12-15-7-9-16(17)10-8-15/h2-10,17H,1,11-12H2. The van der Waals surface area contributed by atoms with Gasteiger partial charge in [-0.2, -0.15) is 0 Å². The number of benzene rings is 2.